The summed E-state index contributed by atoms with van der Waals surface area (Å²) in [7, 11) is 0. The van der Waals surface area contributed by atoms with E-state index < -0.39 is 6.10 Å². The largest absolute Gasteiger partial charge is 0.389 e. The van der Waals surface area contributed by atoms with Gasteiger partial charge in [-0.1, -0.05) is 43.7 Å². The van der Waals surface area contributed by atoms with Gasteiger partial charge < -0.3 is 15.7 Å². The van der Waals surface area contributed by atoms with Gasteiger partial charge in [-0.05, 0) is 43.4 Å². The Bertz CT molecular complexity index is 798. The molecule has 0 unspecified atom stereocenters. The van der Waals surface area contributed by atoms with Crippen molar-refractivity contribution in [3.8, 4) is 0 Å². The van der Waals surface area contributed by atoms with Gasteiger partial charge in [0.1, 0.15) is 0 Å². The smallest absolute Gasteiger partial charge is 0.221 e. The van der Waals surface area contributed by atoms with E-state index in [0.717, 1.165) is 25.0 Å². The van der Waals surface area contributed by atoms with E-state index in [1.807, 2.05) is 6.08 Å². The Morgan fingerprint density at radius 1 is 1.18 bits per heavy atom. The van der Waals surface area contributed by atoms with E-state index >= 15 is 0 Å². The minimum absolute atomic E-state index is 0.0172. The van der Waals surface area contributed by atoms with E-state index in [0.29, 0.717) is 24.2 Å². The third kappa shape index (κ3) is 2.86. The summed E-state index contributed by atoms with van der Waals surface area (Å²) < 4.78 is 0. The van der Waals surface area contributed by atoms with Gasteiger partial charge >= 0.3 is 0 Å². The average Bonchev–Trinajstić information content (AvgIpc) is 2.92. The SMILES string of the molecule is CC(=O)NC1=CC[C@H]2[C@@H]3[C@@H](NC(C)=O)C=C4C[C@@H](O)C=C[C@]4(C)[C@H]3CC[C@]12C. The van der Waals surface area contributed by atoms with Gasteiger partial charge in [0.05, 0.1) is 12.1 Å². The molecule has 0 bridgehead atoms. The third-order valence-electron chi connectivity index (χ3n) is 7.95. The normalized spacial score (nSPS) is 43.8. The molecule has 3 N–H and O–H groups in total. The van der Waals surface area contributed by atoms with E-state index in [4.69, 9.17) is 0 Å². The maximum atomic E-state index is 12.0. The van der Waals surface area contributed by atoms with E-state index in [2.05, 4.69) is 42.7 Å². The zero-order valence-electron chi connectivity index (χ0n) is 17.3. The number of hydrogen-bond acceptors (Lipinski definition) is 3. The second-order valence-electron chi connectivity index (χ2n) is 9.61. The Balaban J connectivity index is 1.75. The van der Waals surface area contributed by atoms with E-state index in [1.54, 1.807) is 13.8 Å². The van der Waals surface area contributed by atoms with Crippen LogP contribution in [0.15, 0.2) is 35.6 Å². The molecule has 4 aliphatic carbocycles. The molecule has 0 saturated heterocycles. The highest BCUT2D eigenvalue weighted by Crippen LogP contribution is 2.63. The monoisotopic (exact) mass is 384 g/mol. The summed E-state index contributed by atoms with van der Waals surface area (Å²) in [5, 5.41) is 16.4. The van der Waals surface area contributed by atoms with Crippen LogP contribution >= 0.6 is 0 Å². The molecular formula is C23H32N2O3. The second-order valence-corrected chi connectivity index (χ2v) is 9.61. The molecule has 5 nitrogen and oxygen atoms in total. The number of hydrogen-bond donors (Lipinski definition) is 3. The first-order valence-corrected chi connectivity index (χ1v) is 10.5. The summed E-state index contributed by atoms with van der Waals surface area (Å²) in [5.74, 6) is 1.06. The van der Waals surface area contributed by atoms with Crippen LogP contribution < -0.4 is 10.6 Å². The minimum atomic E-state index is -0.442. The van der Waals surface area contributed by atoms with Gasteiger partial charge in [-0.3, -0.25) is 9.59 Å². The van der Waals surface area contributed by atoms with Gasteiger partial charge in [0.25, 0.3) is 0 Å². The van der Waals surface area contributed by atoms with Crippen LogP contribution in [0.3, 0.4) is 0 Å². The number of allylic oxidation sites excluding steroid dienone is 3. The topological polar surface area (TPSA) is 78.4 Å². The third-order valence-corrected chi connectivity index (χ3v) is 7.95. The highest BCUT2D eigenvalue weighted by molar-refractivity contribution is 5.75. The lowest BCUT2D eigenvalue weighted by Crippen LogP contribution is -2.57. The molecule has 4 aliphatic rings. The van der Waals surface area contributed by atoms with Crippen molar-refractivity contribution < 1.29 is 14.7 Å². The molecule has 0 radical (unpaired) electrons. The average molecular weight is 385 g/mol. The number of amides is 2. The molecule has 0 aromatic rings. The maximum Gasteiger partial charge on any atom is 0.221 e. The molecular weight excluding hydrogens is 352 g/mol. The van der Waals surface area contributed by atoms with Crippen LogP contribution in [0.4, 0.5) is 0 Å². The zero-order chi connectivity index (χ0) is 20.3. The molecule has 7 atom stereocenters. The fraction of sp³-hybridized carbons (Fsp3) is 0.652. The quantitative estimate of drug-likeness (QED) is 0.641. The molecule has 0 aliphatic heterocycles. The zero-order valence-corrected chi connectivity index (χ0v) is 17.3. The number of carbonyl (C=O) groups excluding carboxylic acids is 2. The summed E-state index contributed by atoms with van der Waals surface area (Å²) >= 11 is 0. The fourth-order valence-corrected chi connectivity index (χ4v) is 6.59. The van der Waals surface area contributed by atoms with Crippen molar-refractivity contribution in [3.05, 3.63) is 35.6 Å². The van der Waals surface area contributed by atoms with Crippen LogP contribution in [0, 0.1) is 28.6 Å². The van der Waals surface area contributed by atoms with E-state index in [9.17, 15) is 14.7 Å². The lowest BCUT2D eigenvalue weighted by Gasteiger charge is -2.58. The van der Waals surface area contributed by atoms with Crippen molar-refractivity contribution >= 4 is 11.8 Å². The predicted octanol–water partition coefficient (Wildman–Crippen LogP) is 2.83. The summed E-state index contributed by atoms with van der Waals surface area (Å²) in [6.45, 7) is 7.71. The summed E-state index contributed by atoms with van der Waals surface area (Å²) in [4.78, 5) is 23.7. The molecule has 4 rings (SSSR count). The van der Waals surface area contributed by atoms with Gasteiger partial charge in [-0.2, -0.15) is 0 Å². The Morgan fingerprint density at radius 2 is 1.93 bits per heavy atom. The van der Waals surface area contributed by atoms with Gasteiger partial charge in [-0.25, -0.2) is 0 Å². The Hall–Kier alpha value is -1.88. The number of carbonyl (C=O) groups is 2. The van der Waals surface area contributed by atoms with Crippen molar-refractivity contribution in [1.82, 2.24) is 10.6 Å². The molecule has 1 fully saturated rings. The number of aliphatic hydroxyl groups excluding tert-OH is 1. The van der Waals surface area contributed by atoms with Crippen LogP contribution in [0.25, 0.3) is 0 Å². The summed E-state index contributed by atoms with van der Waals surface area (Å²) in [5.41, 5.74) is 2.17. The van der Waals surface area contributed by atoms with Crippen LogP contribution in [0.2, 0.25) is 0 Å². The molecule has 0 aromatic carbocycles. The Kier molecular flexibility index (Phi) is 4.57. The summed E-state index contributed by atoms with van der Waals surface area (Å²) in [6, 6.07) is -0.0287. The molecule has 0 heterocycles. The number of fused-ring (bicyclic) bond motifs is 5. The second kappa shape index (κ2) is 6.58. The van der Waals surface area contributed by atoms with E-state index in [-0.39, 0.29) is 28.7 Å². The minimum Gasteiger partial charge on any atom is -0.389 e. The van der Waals surface area contributed by atoms with Crippen LogP contribution in [0.1, 0.15) is 53.4 Å². The maximum absolute atomic E-state index is 12.0. The molecule has 152 valence electrons. The first kappa shape index (κ1) is 19.4. The van der Waals surface area contributed by atoms with Crippen molar-refractivity contribution in [3.63, 3.8) is 0 Å². The fourth-order valence-electron chi connectivity index (χ4n) is 6.59. The highest BCUT2D eigenvalue weighted by atomic mass is 16.3. The first-order valence-electron chi connectivity index (χ1n) is 10.5. The standard InChI is InChI=1S/C23H32N2O3/c1-13(26)24-19-12-15-11-16(28)7-9-22(15,3)18-8-10-23(4)17(21(18)19)5-6-20(23)25-14(2)27/h6-7,9,12,16-19,21,28H,5,8,10-11H2,1-4H3,(H,24,26)(H,25,27)/t16-,17-,18-,19-,21-,22-,23-/m0/s1. The Morgan fingerprint density at radius 3 is 2.61 bits per heavy atom. The van der Waals surface area contributed by atoms with E-state index in [1.165, 1.54) is 5.57 Å². The van der Waals surface area contributed by atoms with Crippen LogP contribution in [-0.4, -0.2) is 29.1 Å². The van der Waals surface area contributed by atoms with Crippen molar-refractivity contribution in [1.29, 1.82) is 0 Å². The van der Waals surface area contributed by atoms with Gasteiger partial charge in [0.2, 0.25) is 11.8 Å². The Labute approximate surface area is 167 Å². The summed E-state index contributed by atoms with van der Waals surface area (Å²) in [6.07, 6.45) is 11.8. The highest BCUT2D eigenvalue weighted by Gasteiger charge is 2.58. The van der Waals surface area contributed by atoms with Crippen molar-refractivity contribution in [2.24, 2.45) is 28.6 Å². The molecule has 1 saturated carbocycles. The van der Waals surface area contributed by atoms with Gasteiger partial charge in [-0.15, -0.1) is 0 Å². The molecule has 2 amide bonds. The molecule has 0 aromatic heterocycles. The molecule has 28 heavy (non-hydrogen) atoms. The molecule has 0 spiro atoms. The van der Waals surface area contributed by atoms with Crippen LogP contribution in [-0.2, 0) is 9.59 Å². The number of aliphatic hydroxyl groups is 1. The molecule has 5 heteroatoms. The predicted molar refractivity (Wildman–Crippen MR) is 108 cm³/mol. The van der Waals surface area contributed by atoms with Crippen molar-refractivity contribution in [2.45, 2.75) is 65.5 Å². The lowest BCUT2D eigenvalue weighted by atomic mass is 9.48. The number of rotatable bonds is 2. The van der Waals surface area contributed by atoms with Gasteiger partial charge in [0, 0.05) is 30.4 Å². The van der Waals surface area contributed by atoms with Gasteiger partial charge in [0.15, 0.2) is 0 Å². The van der Waals surface area contributed by atoms with Crippen molar-refractivity contribution in [2.75, 3.05) is 0 Å². The lowest BCUT2D eigenvalue weighted by molar-refractivity contribution is -0.121. The van der Waals surface area contributed by atoms with Crippen LogP contribution in [0.5, 0.6) is 0 Å². The number of nitrogens with one attached hydrogen (secondary N) is 2. The first-order chi connectivity index (χ1) is 13.1.